The van der Waals surface area contributed by atoms with Gasteiger partial charge >= 0.3 is 0 Å². The molecule has 7 aromatic rings. The smallest absolute Gasteiger partial charge is 0.274 e. The number of carbonyl (C=O) groups is 1. The maximum atomic E-state index is 13.7. The highest BCUT2D eigenvalue weighted by molar-refractivity contribution is 6.76. The van der Waals surface area contributed by atoms with Gasteiger partial charge in [-0.25, -0.2) is 0 Å². The summed E-state index contributed by atoms with van der Waals surface area (Å²) >= 11 is 18.7. The molecule has 12 nitrogen and oxygen atoms in total. The largest absolute Gasteiger partial charge is 0.374 e. The minimum Gasteiger partial charge on any atom is -0.374 e. The van der Waals surface area contributed by atoms with Gasteiger partial charge in [0.05, 0.1) is 59.5 Å². The van der Waals surface area contributed by atoms with E-state index in [1.54, 1.807) is 0 Å². The fourth-order valence-electron chi connectivity index (χ4n) is 9.32. The number of ether oxygens (including phenoxy) is 10. The SMILES string of the molecule is O=C(N[C@H]1O[C@H](COCc2ccccc2)[C@@H](O[C@@H]2O[C@H](COCc3ccccc3)[C@H](OCc3ccccc3)[C@H](OCc3ccccc3)[C@H]2OCc2ccccc2)[C@H](OCc2ccccc2)[C@H]1OCc1ccccc1)C(Cl)(Cl)Cl. The Morgan fingerprint density at radius 1 is 0.372 bits per heavy atom. The fraction of sp³-hybridized carbons (Fsp3) is 0.317. The van der Waals surface area contributed by atoms with Gasteiger partial charge in [-0.05, 0) is 38.9 Å². The molecule has 0 aliphatic carbocycles. The molecular weight excluding hydrogens is 1050 g/mol. The van der Waals surface area contributed by atoms with Crippen molar-refractivity contribution in [2.24, 2.45) is 0 Å². The predicted molar refractivity (Wildman–Crippen MR) is 298 cm³/mol. The lowest BCUT2D eigenvalue weighted by Gasteiger charge is -2.50. The average molecular weight is 1120 g/mol. The number of hydrogen-bond acceptors (Lipinski definition) is 11. The maximum Gasteiger partial charge on any atom is 0.274 e. The molecule has 9 rings (SSSR count). The van der Waals surface area contributed by atoms with Gasteiger partial charge in [0.15, 0.2) is 12.5 Å². The highest BCUT2D eigenvalue weighted by atomic mass is 35.6. The Hall–Kier alpha value is -5.52. The molecule has 0 bridgehead atoms. The molecular formula is C63H64Cl3NO11. The Labute approximate surface area is 471 Å². The van der Waals surface area contributed by atoms with Gasteiger partial charge < -0.3 is 52.7 Å². The third-order valence-electron chi connectivity index (χ3n) is 13.3. The molecule has 0 unspecified atom stereocenters. The van der Waals surface area contributed by atoms with E-state index in [-0.39, 0.29) is 52.9 Å². The molecule has 408 valence electrons. The first kappa shape index (κ1) is 57.2. The van der Waals surface area contributed by atoms with E-state index in [4.69, 9.17) is 82.2 Å². The molecule has 15 heteroatoms. The van der Waals surface area contributed by atoms with Crippen LogP contribution < -0.4 is 5.32 Å². The number of carbonyl (C=O) groups excluding carboxylic acids is 1. The van der Waals surface area contributed by atoms with Crippen LogP contribution in [0.5, 0.6) is 0 Å². The Balaban J connectivity index is 1.14. The van der Waals surface area contributed by atoms with Crippen LogP contribution in [0.25, 0.3) is 0 Å². The van der Waals surface area contributed by atoms with Crippen molar-refractivity contribution in [2.75, 3.05) is 13.2 Å². The van der Waals surface area contributed by atoms with Gasteiger partial charge in [0, 0.05) is 0 Å². The molecule has 2 fully saturated rings. The van der Waals surface area contributed by atoms with Crippen molar-refractivity contribution in [1.82, 2.24) is 5.32 Å². The van der Waals surface area contributed by atoms with Gasteiger partial charge in [-0.2, -0.15) is 0 Å². The number of hydrogen-bond donors (Lipinski definition) is 1. The first-order valence-corrected chi connectivity index (χ1v) is 27.2. The van der Waals surface area contributed by atoms with Crippen molar-refractivity contribution in [2.45, 2.75) is 111 Å². The average Bonchev–Trinajstić information content (AvgIpc) is 3.54. The predicted octanol–water partition coefficient (Wildman–Crippen LogP) is 11.7. The quantitative estimate of drug-likeness (QED) is 0.0522. The summed E-state index contributed by atoms with van der Waals surface area (Å²) in [5, 5.41) is 2.82. The number of nitrogens with one attached hydrogen (secondary N) is 1. The number of amides is 1. The molecule has 2 aliphatic heterocycles. The first-order valence-electron chi connectivity index (χ1n) is 26.1. The summed E-state index contributed by atoms with van der Waals surface area (Å²) in [4.78, 5) is 13.7. The normalized spacial score (nSPS) is 23.4. The summed E-state index contributed by atoms with van der Waals surface area (Å²) in [6.45, 7) is 1.34. The molecule has 0 spiro atoms. The Bertz CT molecular complexity index is 2790. The van der Waals surface area contributed by atoms with Gasteiger partial charge in [-0.15, -0.1) is 0 Å². The Kier molecular flexibility index (Phi) is 21.7. The Morgan fingerprint density at radius 3 is 1.03 bits per heavy atom. The highest BCUT2D eigenvalue weighted by Crippen LogP contribution is 2.37. The van der Waals surface area contributed by atoms with E-state index >= 15 is 0 Å². The van der Waals surface area contributed by atoms with Gasteiger partial charge in [0.1, 0.15) is 48.8 Å². The van der Waals surface area contributed by atoms with E-state index in [9.17, 15) is 4.79 Å². The first-order chi connectivity index (χ1) is 38.2. The van der Waals surface area contributed by atoms with Crippen LogP contribution in [0, 0.1) is 0 Å². The number of alkyl halides is 3. The van der Waals surface area contributed by atoms with Gasteiger partial charge in [-0.1, -0.05) is 247 Å². The van der Waals surface area contributed by atoms with E-state index in [1.807, 2.05) is 212 Å². The van der Waals surface area contributed by atoms with E-state index in [0.717, 1.165) is 38.9 Å². The van der Waals surface area contributed by atoms with Gasteiger partial charge in [0.2, 0.25) is 0 Å². The number of halogens is 3. The van der Waals surface area contributed by atoms with Crippen LogP contribution in [-0.4, -0.2) is 84.3 Å². The molecule has 0 radical (unpaired) electrons. The van der Waals surface area contributed by atoms with E-state index in [1.165, 1.54) is 0 Å². The van der Waals surface area contributed by atoms with Crippen LogP contribution in [0.2, 0.25) is 0 Å². The zero-order chi connectivity index (χ0) is 53.8. The maximum absolute atomic E-state index is 13.7. The third-order valence-corrected chi connectivity index (χ3v) is 13.8. The van der Waals surface area contributed by atoms with Crippen LogP contribution in [0.4, 0.5) is 0 Å². The van der Waals surface area contributed by atoms with Crippen LogP contribution in [-0.2, 0) is 98.4 Å². The summed E-state index contributed by atoms with van der Waals surface area (Å²) in [6.07, 6.45) is -10.00. The summed E-state index contributed by atoms with van der Waals surface area (Å²) in [5.74, 6) is -0.931. The molecule has 78 heavy (non-hydrogen) atoms. The molecule has 2 saturated heterocycles. The van der Waals surface area contributed by atoms with Crippen molar-refractivity contribution in [3.63, 3.8) is 0 Å². The van der Waals surface area contributed by atoms with Crippen molar-refractivity contribution < 1.29 is 52.2 Å². The summed E-state index contributed by atoms with van der Waals surface area (Å²) in [5.41, 5.74) is 6.43. The molecule has 10 atom stereocenters. The molecule has 1 amide bonds. The summed E-state index contributed by atoms with van der Waals surface area (Å²) in [7, 11) is 0. The second-order valence-electron chi connectivity index (χ2n) is 19.0. The second-order valence-corrected chi connectivity index (χ2v) is 21.3. The minimum atomic E-state index is -2.36. The summed E-state index contributed by atoms with van der Waals surface area (Å²) < 4.78 is 67.4. The number of benzene rings is 7. The van der Waals surface area contributed by atoms with Gasteiger partial charge in [0.25, 0.3) is 9.70 Å². The van der Waals surface area contributed by atoms with Crippen molar-refractivity contribution in [3.8, 4) is 0 Å². The van der Waals surface area contributed by atoms with Crippen molar-refractivity contribution in [3.05, 3.63) is 251 Å². The van der Waals surface area contributed by atoms with E-state index in [0.29, 0.717) is 6.61 Å². The summed E-state index contributed by atoms with van der Waals surface area (Å²) in [6, 6.07) is 68.7. The number of rotatable bonds is 26. The highest BCUT2D eigenvalue weighted by Gasteiger charge is 2.55. The zero-order valence-corrected chi connectivity index (χ0v) is 45.2. The molecule has 2 aliphatic rings. The molecule has 2 heterocycles. The molecule has 1 N–H and O–H groups in total. The van der Waals surface area contributed by atoms with E-state index < -0.39 is 71.0 Å². The lowest BCUT2D eigenvalue weighted by atomic mass is 9.95. The fourth-order valence-corrected chi connectivity index (χ4v) is 9.49. The molecule has 0 saturated carbocycles. The monoisotopic (exact) mass is 1120 g/mol. The van der Waals surface area contributed by atoms with E-state index in [2.05, 4.69) is 5.32 Å². The van der Waals surface area contributed by atoms with Crippen LogP contribution in [0.15, 0.2) is 212 Å². The molecule has 0 aromatic heterocycles. The standard InChI is InChI=1S/C63H64Cl3NO11/c64-63(65,66)62(68)67-60-58(74-41-50-32-18-6-19-33-50)57(73-40-49-30-16-5-17-31-49)55(53(76-60)44-70-37-46-24-10-2-11-25-46)78-61-59(75-42-51-34-20-7-21-35-51)56(72-39-48-28-14-4-15-29-48)54(71-38-47-26-12-3-13-27-47)52(77-61)43-69-36-45-22-8-1-9-23-45/h1-35,52-61H,36-44H2,(H,67,68)/t52-,53-,54+,55-,56+,57+,58-,59-,60+,61+/m1/s1. The minimum absolute atomic E-state index is 0.0566. The van der Waals surface area contributed by atoms with Crippen LogP contribution >= 0.6 is 34.8 Å². The lowest BCUT2D eigenvalue weighted by Crippen LogP contribution is -2.68. The van der Waals surface area contributed by atoms with Crippen LogP contribution in [0.1, 0.15) is 38.9 Å². The third kappa shape index (κ3) is 17.0. The lowest BCUT2D eigenvalue weighted by molar-refractivity contribution is -0.364. The molecule has 7 aromatic carbocycles. The van der Waals surface area contributed by atoms with Crippen molar-refractivity contribution in [1.29, 1.82) is 0 Å². The van der Waals surface area contributed by atoms with Gasteiger partial charge in [-0.3, -0.25) is 4.79 Å². The van der Waals surface area contributed by atoms with Crippen LogP contribution in [0.3, 0.4) is 0 Å². The zero-order valence-electron chi connectivity index (χ0n) is 43.0. The topological polar surface area (TPSA) is 121 Å². The second kappa shape index (κ2) is 29.6. The van der Waals surface area contributed by atoms with Crippen molar-refractivity contribution >= 4 is 40.7 Å². The Morgan fingerprint density at radius 2 is 0.667 bits per heavy atom.